The van der Waals surface area contributed by atoms with Gasteiger partial charge in [0.25, 0.3) is 0 Å². The van der Waals surface area contributed by atoms with Crippen molar-refractivity contribution in [3.8, 4) is 11.5 Å². The Morgan fingerprint density at radius 1 is 1.29 bits per heavy atom. The monoisotopic (exact) mass is 326 g/mol. The van der Waals surface area contributed by atoms with Crippen molar-refractivity contribution in [2.75, 3.05) is 7.11 Å². The molecule has 2 aromatic carbocycles. The van der Waals surface area contributed by atoms with Crippen molar-refractivity contribution in [3.05, 3.63) is 59.2 Å². The van der Waals surface area contributed by atoms with Gasteiger partial charge in [-0.25, -0.2) is 5.43 Å². The number of carbonyl (C=O) groups excluding carboxylic acids is 1. The van der Waals surface area contributed by atoms with E-state index in [1.54, 1.807) is 31.4 Å². The lowest BCUT2D eigenvalue weighted by atomic mass is 10.1. The number of phenols is 1. The maximum Gasteiger partial charge on any atom is 0.240 e. The van der Waals surface area contributed by atoms with E-state index in [0.29, 0.717) is 12.0 Å². The molecule has 0 atom stereocenters. The number of aryl methyl sites for hydroxylation is 2. The van der Waals surface area contributed by atoms with Crippen LogP contribution in [-0.2, 0) is 11.2 Å². The number of nitrogens with zero attached hydrogens (tertiary/aromatic N) is 1. The fraction of sp³-hybridized carbons (Fsp3) is 0.263. The van der Waals surface area contributed by atoms with Gasteiger partial charge < -0.3 is 9.84 Å². The summed E-state index contributed by atoms with van der Waals surface area (Å²) < 4.78 is 5.23. The number of aromatic hydroxyl groups is 1. The molecule has 5 heteroatoms. The number of hydrogen-bond acceptors (Lipinski definition) is 4. The highest BCUT2D eigenvalue weighted by Gasteiger charge is 2.03. The Labute approximate surface area is 142 Å². The molecular formula is C19H22N2O3. The molecule has 0 fully saturated rings. The van der Waals surface area contributed by atoms with Gasteiger partial charge in [-0.15, -0.1) is 0 Å². The summed E-state index contributed by atoms with van der Waals surface area (Å²) in [5.74, 6) is 0.854. The van der Waals surface area contributed by atoms with Crippen LogP contribution in [0.15, 0.2) is 47.6 Å². The number of rotatable bonds is 7. The van der Waals surface area contributed by atoms with Gasteiger partial charge in [-0.2, -0.15) is 5.10 Å². The van der Waals surface area contributed by atoms with E-state index >= 15 is 0 Å². The molecule has 2 rings (SSSR count). The molecule has 0 saturated carbocycles. The van der Waals surface area contributed by atoms with Gasteiger partial charge in [-0.1, -0.05) is 24.3 Å². The summed E-state index contributed by atoms with van der Waals surface area (Å²) in [6, 6.07) is 12.8. The number of hydrazone groups is 1. The third kappa shape index (κ3) is 5.12. The number of hydrogen-bond donors (Lipinski definition) is 2. The number of para-hydroxylation sites is 1. The summed E-state index contributed by atoms with van der Waals surface area (Å²) in [6.45, 7) is 2.00. The molecule has 0 unspecified atom stereocenters. The van der Waals surface area contributed by atoms with Crippen LogP contribution in [0, 0.1) is 6.92 Å². The Hall–Kier alpha value is -2.82. The Morgan fingerprint density at radius 3 is 2.79 bits per heavy atom. The lowest BCUT2D eigenvalue weighted by Gasteiger charge is -2.07. The summed E-state index contributed by atoms with van der Waals surface area (Å²) >= 11 is 0. The van der Waals surface area contributed by atoms with Gasteiger partial charge in [-0.3, -0.25) is 4.79 Å². The van der Waals surface area contributed by atoms with Crippen LogP contribution in [0.25, 0.3) is 0 Å². The average molecular weight is 326 g/mol. The molecule has 0 saturated heterocycles. The zero-order valence-electron chi connectivity index (χ0n) is 14.0. The second-order valence-corrected chi connectivity index (χ2v) is 5.51. The molecule has 5 nitrogen and oxygen atoms in total. The van der Waals surface area contributed by atoms with E-state index in [2.05, 4.69) is 16.6 Å². The Balaban J connectivity index is 1.75. The van der Waals surface area contributed by atoms with Crippen LogP contribution in [0.5, 0.6) is 11.5 Å². The summed E-state index contributed by atoms with van der Waals surface area (Å²) in [4.78, 5) is 11.8. The average Bonchev–Trinajstić information content (AvgIpc) is 2.57. The van der Waals surface area contributed by atoms with Crippen molar-refractivity contribution in [2.45, 2.75) is 26.2 Å². The van der Waals surface area contributed by atoms with E-state index in [1.807, 2.05) is 19.1 Å². The molecule has 2 aromatic rings. The molecule has 0 spiro atoms. The Kier molecular flexibility index (Phi) is 6.37. The number of methoxy groups -OCH3 is 1. The fourth-order valence-corrected chi connectivity index (χ4v) is 2.38. The molecule has 2 N–H and O–H groups in total. The third-order valence-corrected chi connectivity index (χ3v) is 3.66. The van der Waals surface area contributed by atoms with Gasteiger partial charge in [0.15, 0.2) is 0 Å². The van der Waals surface area contributed by atoms with Crippen LogP contribution in [0.2, 0.25) is 0 Å². The molecule has 0 radical (unpaired) electrons. The van der Waals surface area contributed by atoms with Gasteiger partial charge in [0.1, 0.15) is 11.5 Å². The standard InChI is InChI=1S/C19H22N2O3/c1-14-12-15(10-11-18(14)24-2)6-5-9-19(23)21-20-13-16-7-3-4-8-17(16)22/h3-4,7-8,10-13,22H,5-6,9H2,1-2H3,(H,21,23)/b20-13+. The summed E-state index contributed by atoms with van der Waals surface area (Å²) in [5.41, 5.74) is 5.30. The van der Waals surface area contributed by atoms with Crippen LogP contribution in [0.1, 0.15) is 29.5 Å². The van der Waals surface area contributed by atoms with Gasteiger partial charge >= 0.3 is 0 Å². The molecule has 0 bridgehead atoms. The van der Waals surface area contributed by atoms with Gasteiger partial charge in [0.05, 0.1) is 13.3 Å². The first kappa shape index (κ1) is 17.5. The molecule has 0 aromatic heterocycles. The number of carbonyl (C=O) groups is 1. The van der Waals surface area contributed by atoms with Gasteiger partial charge in [-0.05, 0) is 49.1 Å². The third-order valence-electron chi connectivity index (χ3n) is 3.66. The number of nitrogens with one attached hydrogen (secondary N) is 1. The highest BCUT2D eigenvalue weighted by molar-refractivity contribution is 5.84. The minimum absolute atomic E-state index is 0.130. The minimum Gasteiger partial charge on any atom is -0.507 e. The quantitative estimate of drug-likeness (QED) is 0.606. The lowest BCUT2D eigenvalue weighted by Crippen LogP contribution is -2.17. The number of benzene rings is 2. The molecule has 1 amide bonds. The van der Waals surface area contributed by atoms with E-state index in [1.165, 1.54) is 11.8 Å². The van der Waals surface area contributed by atoms with Crippen molar-refractivity contribution in [3.63, 3.8) is 0 Å². The van der Waals surface area contributed by atoms with Crippen molar-refractivity contribution < 1.29 is 14.6 Å². The van der Waals surface area contributed by atoms with Crippen LogP contribution >= 0.6 is 0 Å². The lowest BCUT2D eigenvalue weighted by molar-refractivity contribution is -0.121. The molecule has 0 aliphatic carbocycles. The van der Waals surface area contributed by atoms with E-state index in [-0.39, 0.29) is 11.7 Å². The summed E-state index contributed by atoms with van der Waals surface area (Å²) in [5, 5.41) is 13.5. The van der Waals surface area contributed by atoms with Crippen LogP contribution in [0.4, 0.5) is 0 Å². The van der Waals surface area contributed by atoms with Crippen molar-refractivity contribution in [2.24, 2.45) is 5.10 Å². The molecule has 126 valence electrons. The van der Waals surface area contributed by atoms with E-state index < -0.39 is 0 Å². The van der Waals surface area contributed by atoms with E-state index in [0.717, 1.165) is 24.2 Å². The molecule has 0 aliphatic rings. The molecule has 0 heterocycles. The zero-order chi connectivity index (χ0) is 17.4. The first-order valence-electron chi connectivity index (χ1n) is 7.83. The van der Waals surface area contributed by atoms with Gasteiger partial charge in [0.2, 0.25) is 5.91 Å². The molecular weight excluding hydrogens is 304 g/mol. The summed E-state index contributed by atoms with van der Waals surface area (Å²) in [7, 11) is 1.65. The predicted octanol–water partition coefficient (Wildman–Crippen LogP) is 3.18. The maximum atomic E-state index is 11.8. The number of amides is 1. The van der Waals surface area contributed by atoms with Crippen LogP contribution in [-0.4, -0.2) is 24.3 Å². The minimum atomic E-state index is -0.146. The van der Waals surface area contributed by atoms with Crippen molar-refractivity contribution in [1.29, 1.82) is 0 Å². The smallest absolute Gasteiger partial charge is 0.240 e. The van der Waals surface area contributed by atoms with Crippen LogP contribution in [0.3, 0.4) is 0 Å². The second kappa shape index (κ2) is 8.72. The van der Waals surface area contributed by atoms with Crippen LogP contribution < -0.4 is 10.2 Å². The Morgan fingerprint density at radius 2 is 2.08 bits per heavy atom. The summed E-state index contributed by atoms with van der Waals surface area (Å²) in [6.07, 6.45) is 3.38. The Bertz CT molecular complexity index is 726. The number of ether oxygens (including phenoxy) is 1. The SMILES string of the molecule is COc1ccc(CCCC(=O)N/N=C/c2ccccc2O)cc1C. The highest BCUT2D eigenvalue weighted by Crippen LogP contribution is 2.19. The van der Waals surface area contributed by atoms with Gasteiger partial charge in [0, 0.05) is 12.0 Å². The first-order chi connectivity index (χ1) is 11.6. The highest BCUT2D eigenvalue weighted by atomic mass is 16.5. The predicted molar refractivity (Wildman–Crippen MR) is 94.5 cm³/mol. The molecule has 24 heavy (non-hydrogen) atoms. The molecule has 0 aliphatic heterocycles. The maximum absolute atomic E-state index is 11.8. The normalized spacial score (nSPS) is 10.8. The first-order valence-corrected chi connectivity index (χ1v) is 7.83. The second-order valence-electron chi connectivity index (χ2n) is 5.51. The van der Waals surface area contributed by atoms with Crippen molar-refractivity contribution >= 4 is 12.1 Å². The number of phenolic OH excluding ortho intramolecular Hbond substituents is 1. The van der Waals surface area contributed by atoms with Crippen molar-refractivity contribution in [1.82, 2.24) is 5.43 Å². The largest absolute Gasteiger partial charge is 0.507 e. The fourth-order valence-electron chi connectivity index (χ4n) is 2.38. The zero-order valence-corrected chi connectivity index (χ0v) is 14.0. The van der Waals surface area contributed by atoms with E-state index in [9.17, 15) is 9.90 Å². The van der Waals surface area contributed by atoms with E-state index in [4.69, 9.17) is 4.74 Å². The topological polar surface area (TPSA) is 70.9 Å².